The van der Waals surface area contributed by atoms with Crippen molar-refractivity contribution in [2.24, 2.45) is 0 Å². The number of fused-ring (bicyclic) bond motifs is 10. The van der Waals surface area contributed by atoms with E-state index in [1.54, 1.807) is 0 Å². The summed E-state index contributed by atoms with van der Waals surface area (Å²) in [4.78, 5) is 3.71. The first-order chi connectivity index (χ1) is 30.7. The molecule has 9 aromatic carbocycles. The molecule has 1 aliphatic rings. The molecule has 0 saturated carbocycles. The van der Waals surface area contributed by atoms with E-state index in [1.165, 1.54) is 42.1 Å². The van der Waals surface area contributed by atoms with Crippen LogP contribution in [0.3, 0.4) is 0 Å². The Bertz CT molecular complexity index is 3690. The van der Waals surface area contributed by atoms with Crippen LogP contribution >= 0.6 is 11.3 Å². The minimum atomic E-state index is 0.792. The van der Waals surface area contributed by atoms with Crippen LogP contribution < -0.4 is 4.90 Å². The third-order valence-electron chi connectivity index (χ3n) is 12.4. The van der Waals surface area contributed by atoms with E-state index in [1.807, 2.05) is 11.3 Å². The second kappa shape index (κ2) is 14.8. The molecule has 62 heavy (non-hydrogen) atoms. The molecule has 0 N–H and O–H groups in total. The summed E-state index contributed by atoms with van der Waals surface area (Å²) in [5.74, 6) is 0. The Morgan fingerprint density at radius 2 is 1.15 bits per heavy atom. The molecule has 292 valence electrons. The highest BCUT2D eigenvalue weighted by Crippen LogP contribution is 2.50. The van der Waals surface area contributed by atoms with Crippen molar-refractivity contribution >= 4 is 92.8 Å². The van der Waals surface area contributed by atoms with Gasteiger partial charge in [0.1, 0.15) is 11.2 Å². The molecule has 1 aliphatic carbocycles. The van der Waals surface area contributed by atoms with Crippen molar-refractivity contribution in [1.29, 1.82) is 0 Å². The molecule has 0 saturated heterocycles. The molecule has 2 aromatic heterocycles. The van der Waals surface area contributed by atoms with Crippen LogP contribution in [-0.4, -0.2) is 0 Å². The van der Waals surface area contributed by atoms with Gasteiger partial charge in [0.15, 0.2) is 0 Å². The number of hydrogen-bond donors (Lipinski definition) is 0. The average Bonchev–Trinajstić information content (AvgIpc) is 3.90. The van der Waals surface area contributed by atoms with Crippen molar-refractivity contribution in [2.75, 3.05) is 4.90 Å². The fourth-order valence-corrected chi connectivity index (χ4v) is 10.8. The van der Waals surface area contributed by atoms with Gasteiger partial charge < -0.3 is 9.32 Å². The van der Waals surface area contributed by atoms with Crippen molar-refractivity contribution in [3.63, 3.8) is 0 Å². The van der Waals surface area contributed by atoms with E-state index < -0.39 is 0 Å². The SMILES string of the molecule is C=C1/C=C\C=C/Cc2c(sc3c2ccc2ccccc23)/C(N(c2ccc3ccccc3c2)c2cc3ccccc3cc2-c2cccc3c2oc2c(-c4ccccc4)cccc23)=C\1. The lowest BCUT2D eigenvalue weighted by atomic mass is 9.94. The zero-order chi connectivity index (χ0) is 41.1. The molecule has 0 aliphatic heterocycles. The lowest BCUT2D eigenvalue weighted by Crippen LogP contribution is -2.17. The average molecular weight is 810 g/mol. The highest BCUT2D eigenvalue weighted by Gasteiger charge is 2.28. The zero-order valence-corrected chi connectivity index (χ0v) is 34.7. The van der Waals surface area contributed by atoms with Crippen molar-refractivity contribution in [3.05, 3.63) is 235 Å². The summed E-state index contributed by atoms with van der Waals surface area (Å²) in [5, 5.41) is 10.7. The van der Waals surface area contributed by atoms with Crippen LogP contribution in [0.25, 0.3) is 92.3 Å². The first-order valence-corrected chi connectivity index (χ1v) is 22.0. The van der Waals surface area contributed by atoms with Crippen LogP contribution in [0.4, 0.5) is 11.4 Å². The third-order valence-corrected chi connectivity index (χ3v) is 13.7. The second-order valence-corrected chi connectivity index (χ2v) is 17.1. The summed E-state index contributed by atoms with van der Waals surface area (Å²) in [5.41, 5.74) is 11.5. The van der Waals surface area contributed by atoms with Crippen molar-refractivity contribution < 1.29 is 4.42 Å². The number of para-hydroxylation sites is 2. The normalized spacial score (nSPS) is 15.0. The number of furan rings is 1. The van der Waals surface area contributed by atoms with Gasteiger partial charge in [0.2, 0.25) is 0 Å². The fraction of sp³-hybridized carbons (Fsp3) is 0.0169. The number of benzene rings is 9. The van der Waals surface area contributed by atoms with Gasteiger partial charge in [0, 0.05) is 37.9 Å². The van der Waals surface area contributed by atoms with Gasteiger partial charge in [-0.15, -0.1) is 11.3 Å². The summed E-state index contributed by atoms with van der Waals surface area (Å²) in [6, 6.07) is 65.9. The standard InChI is InChI=1S/C59H39NOS/c1-38-16-4-2-7-25-51-52-33-31-41-20-12-13-24-47(41)58(52)62-59(51)55(34-38)60(45-32-30-39-17-8-9-21-42(39)35-45)54-37-44-23-11-10-22-43(44)36-53(54)50-29-15-28-49-48-27-14-26-46(56(48)61-57(49)50)40-18-5-3-6-19-40/h2-24,26-37H,1,25H2/b7-2-,16-4-,55-34+. The molecule has 0 fully saturated rings. The number of allylic oxidation sites excluding steroid dienone is 6. The Morgan fingerprint density at radius 1 is 0.500 bits per heavy atom. The molecular formula is C59H39NOS. The van der Waals surface area contributed by atoms with Gasteiger partial charge in [-0.2, -0.15) is 0 Å². The lowest BCUT2D eigenvalue weighted by molar-refractivity contribution is 0.671. The van der Waals surface area contributed by atoms with Crippen LogP contribution in [0.5, 0.6) is 0 Å². The van der Waals surface area contributed by atoms with Crippen LogP contribution in [-0.2, 0) is 6.42 Å². The smallest absolute Gasteiger partial charge is 0.143 e. The number of hydrogen-bond acceptors (Lipinski definition) is 3. The first kappa shape index (κ1) is 36.2. The highest BCUT2D eigenvalue weighted by molar-refractivity contribution is 7.21. The molecule has 0 spiro atoms. The van der Waals surface area contributed by atoms with Gasteiger partial charge in [-0.05, 0) is 91.2 Å². The topological polar surface area (TPSA) is 16.4 Å². The van der Waals surface area contributed by atoms with Crippen molar-refractivity contribution in [3.8, 4) is 22.3 Å². The lowest BCUT2D eigenvalue weighted by Gasteiger charge is -2.31. The van der Waals surface area contributed by atoms with E-state index in [9.17, 15) is 0 Å². The van der Waals surface area contributed by atoms with Crippen molar-refractivity contribution in [2.45, 2.75) is 6.42 Å². The van der Waals surface area contributed by atoms with E-state index in [-0.39, 0.29) is 0 Å². The number of anilines is 2. The van der Waals surface area contributed by atoms with E-state index in [2.05, 4.69) is 224 Å². The minimum absolute atomic E-state index is 0.792. The van der Waals surface area contributed by atoms with Crippen LogP contribution in [0.2, 0.25) is 0 Å². The van der Waals surface area contributed by atoms with E-state index in [0.717, 1.165) is 84.0 Å². The van der Waals surface area contributed by atoms with Gasteiger partial charge in [-0.1, -0.05) is 189 Å². The van der Waals surface area contributed by atoms with Gasteiger partial charge in [0.25, 0.3) is 0 Å². The molecule has 2 nitrogen and oxygen atoms in total. The summed E-state index contributed by atoms with van der Waals surface area (Å²) >= 11 is 1.88. The van der Waals surface area contributed by atoms with Gasteiger partial charge in [0.05, 0.1) is 16.3 Å². The Morgan fingerprint density at radius 3 is 1.95 bits per heavy atom. The van der Waals surface area contributed by atoms with Crippen LogP contribution in [0.1, 0.15) is 10.4 Å². The quantitative estimate of drug-likeness (QED) is 0.172. The largest absolute Gasteiger partial charge is 0.455 e. The summed E-state index contributed by atoms with van der Waals surface area (Å²) < 4.78 is 8.43. The number of nitrogens with zero attached hydrogens (tertiary/aromatic N) is 1. The highest BCUT2D eigenvalue weighted by atomic mass is 32.1. The number of thiophene rings is 1. The molecule has 2 heterocycles. The summed E-state index contributed by atoms with van der Waals surface area (Å²) in [6.45, 7) is 4.63. The molecule has 11 aromatic rings. The molecule has 0 amide bonds. The molecule has 0 unspecified atom stereocenters. The summed E-state index contributed by atoms with van der Waals surface area (Å²) in [7, 11) is 0. The predicted octanol–water partition coefficient (Wildman–Crippen LogP) is 17.0. The Hall–Kier alpha value is -7.72. The van der Waals surface area contributed by atoms with Gasteiger partial charge in [-0.3, -0.25) is 0 Å². The van der Waals surface area contributed by atoms with E-state index in [0.29, 0.717) is 0 Å². The maximum absolute atomic E-state index is 7.14. The van der Waals surface area contributed by atoms with Gasteiger partial charge in [-0.25, -0.2) is 0 Å². The maximum atomic E-state index is 7.14. The fourth-order valence-electron chi connectivity index (χ4n) is 9.42. The second-order valence-electron chi connectivity index (χ2n) is 16.1. The Kier molecular flexibility index (Phi) is 8.62. The van der Waals surface area contributed by atoms with Crippen molar-refractivity contribution in [1.82, 2.24) is 0 Å². The first-order valence-electron chi connectivity index (χ1n) is 21.2. The minimum Gasteiger partial charge on any atom is -0.455 e. The number of rotatable bonds is 5. The van der Waals surface area contributed by atoms with E-state index >= 15 is 0 Å². The molecule has 0 atom stereocenters. The van der Waals surface area contributed by atoms with Gasteiger partial charge >= 0.3 is 0 Å². The predicted molar refractivity (Wildman–Crippen MR) is 267 cm³/mol. The molecule has 12 rings (SSSR count). The third kappa shape index (κ3) is 6.01. The van der Waals surface area contributed by atoms with E-state index in [4.69, 9.17) is 4.42 Å². The molecule has 0 bridgehead atoms. The Balaban J connectivity index is 1.19. The molecule has 0 radical (unpaired) electrons. The maximum Gasteiger partial charge on any atom is 0.143 e. The molecule has 3 heteroatoms. The van der Waals surface area contributed by atoms with Crippen LogP contribution in [0, 0.1) is 0 Å². The molecular weight excluding hydrogens is 771 g/mol. The monoisotopic (exact) mass is 809 g/mol. The van der Waals surface area contributed by atoms with Crippen LogP contribution in [0.15, 0.2) is 229 Å². The summed E-state index contributed by atoms with van der Waals surface area (Å²) in [6.07, 6.45) is 11.7. The Labute approximate surface area is 363 Å². The zero-order valence-electron chi connectivity index (χ0n) is 33.9.